The highest BCUT2D eigenvalue weighted by molar-refractivity contribution is 5.47. The smallest absolute Gasteiger partial charge is 0.0553 e. The normalized spacial score (nSPS) is 12.7. The minimum absolute atomic E-state index is 0.0889. The van der Waals surface area contributed by atoms with Gasteiger partial charge in [0.25, 0.3) is 0 Å². The fourth-order valence-corrected chi connectivity index (χ4v) is 1.27. The molecule has 0 heterocycles. The van der Waals surface area contributed by atoms with Crippen LogP contribution in [0.2, 0.25) is 0 Å². The molecule has 2 heteroatoms. The van der Waals surface area contributed by atoms with Crippen LogP contribution in [0.25, 0.3) is 0 Å². The summed E-state index contributed by atoms with van der Waals surface area (Å²) in [6, 6.07) is 10.1. The third kappa shape index (κ3) is 2.32. The van der Waals surface area contributed by atoms with Crippen molar-refractivity contribution in [3.05, 3.63) is 30.3 Å². The fraction of sp³-hybridized carbons (Fsp3) is 0.538. The molecule has 0 amide bonds. The molecule has 1 aromatic rings. The van der Waals surface area contributed by atoms with Crippen molar-refractivity contribution < 1.29 is 0 Å². The van der Waals surface area contributed by atoms with E-state index >= 15 is 0 Å². The highest BCUT2D eigenvalue weighted by Crippen LogP contribution is 2.35. The summed E-state index contributed by atoms with van der Waals surface area (Å²) in [5, 5.41) is 1.85. The predicted molar refractivity (Wildman–Crippen MR) is 66.6 cm³/mol. The number of hydrogen-bond acceptors (Lipinski definition) is 2. The minimum Gasteiger partial charge on any atom is -0.305 e. The van der Waals surface area contributed by atoms with Crippen molar-refractivity contribution in [2.45, 2.75) is 40.2 Å². The zero-order chi connectivity index (χ0) is 11.7. The van der Waals surface area contributed by atoms with Crippen molar-refractivity contribution in [2.24, 2.45) is 11.3 Å². The van der Waals surface area contributed by atoms with Crippen molar-refractivity contribution in [2.75, 3.05) is 5.01 Å². The van der Waals surface area contributed by atoms with Crippen molar-refractivity contribution in [3.63, 3.8) is 0 Å². The van der Waals surface area contributed by atoms with Crippen molar-refractivity contribution >= 4 is 5.69 Å². The van der Waals surface area contributed by atoms with Gasteiger partial charge in [0.15, 0.2) is 0 Å². The van der Waals surface area contributed by atoms with Crippen LogP contribution < -0.4 is 10.9 Å². The molecule has 0 atom stereocenters. The summed E-state index contributed by atoms with van der Waals surface area (Å²) < 4.78 is 0. The SMILES string of the molecule is CC(C)(C)C(C)(C)N(N)c1ccccc1. The molecule has 0 aromatic heterocycles. The molecule has 0 aliphatic carbocycles. The third-order valence-electron chi connectivity index (χ3n) is 3.47. The maximum atomic E-state index is 6.19. The fourth-order valence-electron chi connectivity index (χ4n) is 1.27. The number of nitrogens with zero attached hydrogens (tertiary/aromatic N) is 1. The van der Waals surface area contributed by atoms with Crippen LogP contribution in [0.4, 0.5) is 5.69 Å². The number of hydrogen-bond donors (Lipinski definition) is 1. The van der Waals surface area contributed by atoms with E-state index in [0.29, 0.717) is 0 Å². The Morgan fingerprint density at radius 2 is 1.40 bits per heavy atom. The number of nitrogens with two attached hydrogens (primary N) is 1. The molecular weight excluding hydrogens is 184 g/mol. The van der Waals surface area contributed by atoms with Gasteiger partial charge in [0, 0.05) is 0 Å². The van der Waals surface area contributed by atoms with Crippen LogP contribution in [0, 0.1) is 5.41 Å². The monoisotopic (exact) mass is 206 g/mol. The van der Waals surface area contributed by atoms with Crippen LogP contribution in [-0.2, 0) is 0 Å². The van der Waals surface area contributed by atoms with Gasteiger partial charge in [0.2, 0.25) is 0 Å². The lowest BCUT2D eigenvalue weighted by Gasteiger charge is -2.46. The summed E-state index contributed by atoms with van der Waals surface area (Å²) in [5.74, 6) is 6.19. The van der Waals surface area contributed by atoms with Gasteiger partial charge in [-0.2, -0.15) is 0 Å². The van der Waals surface area contributed by atoms with Gasteiger partial charge in [-0.15, -0.1) is 0 Å². The first-order valence-electron chi connectivity index (χ1n) is 5.37. The summed E-state index contributed by atoms with van der Waals surface area (Å²) in [7, 11) is 0. The second-order valence-electron chi connectivity index (χ2n) is 5.51. The van der Waals surface area contributed by atoms with E-state index in [-0.39, 0.29) is 11.0 Å². The Morgan fingerprint density at radius 3 is 1.80 bits per heavy atom. The van der Waals surface area contributed by atoms with Crippen LogP contribution in [0.3, 0.4) is 0 Å². The van der Waals surface area contributed by atoms with Gasteiger partial charge in [-0.05, 0) is 31.4 Å². The van der Waals surface area contributed by atoms with Gasteiger partial charge >= 0.3 is 0 Å². The maximum Gasteiger partial charge on any atom is 0.0553 e. The largest absolute Gasteiger partial charge is 0.305 e. The van der Waals surface area contributed by atoms with Crippen LogP contribution in [0.1, 0.15) is 34.6 Å². The van der Waals surface area contributed by atoms with E-state index in [1.54, 1.807) is 0 Å². The number of anilines is 1. The third-order valence-corrected chi connectivity index (χ3v) is 3.47. The number of hydrazine groups is 1. The summed E-state index contributed by atoms with van der Waals surface area (Å²) in [5.41, 5.74) is 1.09. The lowest BCUT2D eigenvalue weighted by molar-refractivity contribution is 0.214. The molecule has 0 saturated carbocycles. The standard InChI is InChI=1S/C13H22N2/c1-12(2,3)13(4,5)15(14)11-9-7-6-8-10-11/h6-10H,14H2,1-5H3. The first kappa shape index (κ1) is 12.1. The summed E-state index contributed by atoms with van der Waals surface area (Å²) in [4.78, 5) is 0. The highest BCUT2D eigenvalue weighted by atomic mass is 15.4. The maximum absolute atomic E-state index is 6.19. The molecule has 0 saturated heterocycles. The number of rotatable bonds is 2. The zero-order valence-corrected chi connectivity index (χ0v) is 10.4. The molecule has 1 aromatic carbocycles. The van der Waals surface area contributed by atoms with E-state index in [2.05, 4.69) is 34.6 Å². The van der Waals surface area contributed by atoms with Crippen LogP contribution >= 0.6 is 0 Å². The molecule has 2 N–H and O–H groups in total. The first-order valence-corrected chi connectivity index (χ1v) is 5.37. The molecule has 2 nitrogen and oxygen atoms in total. The molecule has 0 unspecified atom stereocenters. The van der Waals surface area contributed by atoms with Gasteiger partial charge in [-0.1, -0.05) is 39.0 Å². The Bertz CT molecular complexity index is 309. The molecule has 0 fully saturated rings. The van der Waals surface area contributed by atoms with Crippen molar-refractivity contribution in [3.8, 4) is 0 Å². The molecule has 0 spiro atoms. The second kappa shape index (κ2) is 3.86. The van der Waals surface area contributed by atoms with Gasteiger partial charge in [-0.3, -0.25) is 0 Å². The van der Waals surface area contributed by atoms with E-state index in [1.165, 1.54) is 0 Å². The highest BCUT2D eigenvalue weighted by Gasteiger charge is 2.37. The average molecular weight is 206 g/mol. The Labute approximate surface area is 93.1 Å². The Morgan fingerprint density at radius 1 is 0.933 bits per heavy atom. The summed E-state index contributed by atoms with van der Waals surface area (Å²) in [6.45, 7) is 10.9. The van der Waals surface area contributed by atoms with E-state index < -0.39 is 0 Å². The van der Waals surface area contributed by atoms with Gasteiger partial charge < -0.3 is 5.01 Å². The van der Waals surface area contributed by atoms with Crippen LogP contribution in [0.5, 0.6) is 0 Å². The van der Waals surface area contributed by atoms with Crippen molar-refractivity contribution in [1.29, 1.82) is 0 Å². The Hall–Kier alpha value is -1.02. The van der Waals surface area contributed by atoms with Gasteiger partial charge in [0.05, 0.1) is 11.2 Å². The van der Waals surface area contributed by atoms with Gasteiger partial charge in [-0.25, -0.2) is 5.84 Å². The van der Waals surface area contributed by atoms with E-state index in [4.69, 9.17) is 5.84 Å². The Balaban J connectivity index is 3.00. The minimum atomic E-state index is -0.0889. The van der Waals surface area contributed by atoms with E-state index in [0.717, 1.165) is 5.69 Å². The van der Waals surface area contributed by atoms with Crippen LogP contribution in [0.15, 0.2) is 30.3 Å². The first-order chi connectivity index (χ1) is 6.77. The molecular formula is C13H22N2. The molecule has 15 heavy (non-hydrogen) atoms. The number of benzene rings is 1. The topological polar surface area (TPSA) is 29.3 Å². The van der Waals surface area contributed by atoms with E-state index in [1.807, 2.05) is 35.3 Å². The van der Waals surface area contributed by atoms with Crippen LogP contribution in [-0.4, -0.2) is 5.54 Å². The molecule has 0 bridgehead atoms. The quantitative estimate of drug-likeness (QED) is 0.595. The molecule has 84 valence electrons. The summed E-state index contributed by atoms with van der Waals surface area (Å²) >= 11 is 0. The van der Waals surface area contributed by atoms with Gasteiger partial charge in [0.1, 0.15) is 0 Å². The molecule has 0 aliphatic heterocycles. The average Bonchev–Trinajstić information content (AvgIpc) is 2.16. The second-order valence-corrected chi connectivity index (χ2v) is 5.51. The lowest BCUT2D eigenvalue weighted by atomic mass is 9.75. The summed E-state index contributed by atoms with van der Waals surface area (Å²) in [6.07, 6.45) is 0. The lowest BCUT2D eigenvalue weighted by Crippen LogP contribution is -2.56. The van der Waals surface area contributed by atoms with Crippen molar-refractivity contribution in [1.82, 2.24) is 0 Å². The van der Waals surface area contributed by atoms with E-state index in [9.17, 15) is 0 Å². The molecule has 0 aliphatic rings. The Kier molecular flexibility index (Phi) is 3.10. The zero-order valence-electron chi connectivity index (χ0n) is 10.4. The number of para-hydroxylation sites is 1. The predicted octanol–water partition coefficient (Wildman–Crippen LogP) is 3.19. The molecule has 0 radical (unpaired) electrons. The molecule has 1 rings (SSSR count).